The number of rotatable bonds is 3. The number of nitrogens with zero attached hydrogens (tertiary/aromatic N) is 2. The maximum Gasteiger partial charge on any atom is 0.317 e. The number of urea groups is 1. The maximum absolute atomic E-state index is 12.1. The van der Waals surface area contributed by atoms with Crippen molar-refractivity contribution in [2.75, 3.05) is 20.3 Å². The van der Waals surface area contributed by atoms with Gasteiger partial charge in [-0.25, -0.2) is 4.79 Å². The van der Waals surface area contributed by atoms with Crippen LogP contribution < -0.4 is 5.32 Å². The van der Waals surface area contributed by atoms with Gasteiger partial charge in [0.15, 0.2) is 0 Å². The predicted molar refractivity (Wildman–Crippen MR) is 75.0 cm³/mol. The van der Waals surface area contributed by atoms with Crippen LogP contribution in [-0.2, 0) is 11.3 Å². The predicted octanol–water partition coefficient (Wildman–Crippen LogP) is 1.88. The van der Waals surface area contributed by atoms with Crippen LogP contribution in [0, 0.1) is 11.3 Å². The molecule has 0 spiro atoms. The largest absolute Gasteiger partial charge is 0.381 e. The second-order valence-electron chi connectivity index (χ2n) is 4.92. The van der Waals surface area contributed by atoms with E-state index in [2.05, 4.69) is 11.4 Å². The third-order valence-corrected chi connectivity index (χ3v) is 3.59. The molecule has 0 radical (unpaired) electrons. The monoisotopic (exact) mass is 273 g/mol. The molecule has 1 aromatic carbocycles. The Labute approximate surface area is 119 Å². The van der Waals surface area contributed by atoms with Gasteiger partial charge in [0, 0.05) is 32.8 Å². The standard InChI is InChI=1S/C15H19N3O2/c1-18(14-6-8-20-9-7-14)15(19)17-11-13-4-2-12(10-16)3-5-13/h2-5,14H,6-9,11H2,1H3,(H,17,19). The summed E-state index contributed by atoms with van der Waals surface area (Å²) >= 11 is 0. The molecule has 2 rings (SSSR count). The lowest BCUT2D eigenvalue weighted by Crippen LogP contribution is -2.45. The molecule has 1 aromatic rings. The molecular formula is C15H19N3O2. The highest BCUT2D eigenvalue weighted by atomic mass is 16.5. The summed E-state index contributed by atoms with van der Waals surface area (Å²) in [5.41, 5.74) is 1.61. The van der Waals surface area contributed by atoms with Crippen molar-refractivity contribution in [1.29, 1.82) is 5.26 Å². The minimum atomic E-state index is -0.0683. The Balaban J connectivity index is 1.83. The highest BCUT2D eigenvalue weighted by Gasteiger charge is 2.21. The molecule has 0 atom stereocenters. The Bertz CT molecular complexity index is 487. The summed E-state index contributed by atoms with van der Waals surface area (Å²) in [6, 6.07) is 9.48. The SMILES string of the molecule is CN(C(=O)NCc1ccc(C#N)cc1)C1CCOCC1. The van der Waals surface area contributed by atoms with Crippen LogP contribution in [0.2, 0.25) is 0 Å². The molecular weight excluding hydrogens is 254 g/mol. The van der Waals surface area contributed by atoms with Crippen molar-refractivity contribution in [3.63, 3.8) is 0 Å². The van der Waals surface area contributed by atoms with Crippen LogP contribution >= 0.6 is 0 Å². The van der Waals surface area contributed by atoms with Crippen LogP contribution in [0.15, 0.2) is 24.3 Å². The number of hydrogen-bond donors (Lipinski definition) is 1. The minimum absolute atomic E-state index is 0.0683. The molecule has 0 aromatic heterocycles. The average molecular weight is 273 g/mol. The second kappa shape index (κ2) is 6.92. The first-order valence-electron chi connectivity index (χ1n) is 6.78. The first-order valence-corrected chi connectivity index (χ1v) is 6.78. The van der Waals surface area contributed by atoms with E-state index in [9.17, 15) is 4.79 Å². The highest BCUT2D eigenvalue weighted by Crippen LogP contribution is 2.13. The van der Waals surface area contributed by atoms with E-state index in [0.717, 1.165) is 31.6 Å². The molecule has 0 aliphatic carbocycles. The molecule has 106 valence electrons. The molecule has 1 aliphatic heterocycles. The molecule has 5 nitrogen and oxygen atoms in total. The zero-order valence-corrected chi connectivity index (χ0v) is 11.6. The van der Waals surface area contributed by atoms with Crippen molar-refractivity contribution < 1.29 is 9.53 Å². The van der Waals surface area contributed by atoms with Crippen molar-refractivity contribution in [1.82, 2.24) is 10.2 Å². The molecule has 20 heavy (non-hydrogen) atoms. The number of amides is 2. The normalized spacial score (nSPS) is 15.4. The molecule has 5 heteroatoms. The summed E-state index contributed by atoms with van der Waals surface area (Å²) in [4.78, 5) is 13.8. The van der Waals surface area contributed by atoms with Crippen LogP contribution in [-0.4, -0.2) is 37.2 Å². The maximum atomic E-state index is 12.1. The van der Waals surface area contributed by atoms with Crippen LogP contribution in [0.4, 0.5) is 4.79 Å². The van der Waals surface area contributed by atoms with E-state index in [0.29, 0.717) is 12.1 Å². The van der Waals surface area contributed by atoms with E-state index in [4.69, 9.17) is 10.00 Å². The lowest BCUT2D eigenvalue weighted by molar-refractivity contribution is 0.0525. The molecule has 2 amide bonds. The molecule has 1 N–H and O–H groups in total. The van der Waals surface area contributed by atoms with Gasteiger partial charge in [-0.1, -0.05) is 12.1 Å². The number of hydrogen-bond acceptors (Lipinski definition) is 3. The van der Waals surface area contributed by atoms with E-state index >= 15 is 0 Å². The smallest absolute Gasteiger partial charge is 0.317 e. The minimum Gasteiger partial charge on any atom is -0.381 e. The summed E-state index contributed by atoms with van der Waals surface area (Å²) in [5, 5.41) is 11.6. The number of benzene rings is 1. The Hall–Kier alpha value is -2.06. The third kappa shape index (κ3) is 3.72. The molecule has 1 heterocycles. The van der Waals surface area contributed by atoms with Gasteiger partial charge < -0.3 is 15.0 Å². The van der Waals surface area contributed by atoms with Gasteiger partial charge in [0.2, 0.25) is 0 Å². The lowest BCUT2D eigenvalue weighted by Gasteiger charge is -2.31. The highest BCUT2D eigenvalue weighted by molar-refractivity contribution is 5.74. The van der Waals surface area contributed by atoms with Crippen LogP contribution in [0.3, 0.4) is 0 Å². The fraction of sp³-hybridized carbons (Fsp3) is 0.467. The number of carbonyl (C=O) groups is 1. The molecule has 1 aliphatic rings. The van der Waals surface area contributed by atoms with Gasteiger partial charge in [0.05, 0.1) is 11.6 Å². The van der Waals surface area contributed by atoms with E-state index < -0.39 is 0 Å². The number of nitrogens with one attached hydrogen (secondary N) is 1. The van der Waals surface area contributed by atoms with Crippen molar-refractivity contribution in [3.05, 3.63) is 35.4 Å². The molecule has 1 saturated heterocycles. The zero-order chi connectivity index (χ0) is 14.4. The van der Waals surface area contributed by atoms with Crippen molar-refractivity contribution in [2.45, 2.75) is 25.4 Å². The molecule has 1 fully saturated rings. The number of carbonyl (C=O) groups excluding carboxylic acids is 1. The lowest BCUT2D eigenvalue weighted by atomic mass is 10.1. The Morgan fingerprint density at radius 2 is 2.05 bits per heavy atom. The van der Waals surface area contributed by atoms with Gasteiger partial charge in [-0.15, -0.1) is 0 Å². The summed E-state index contributed by atoms with van der Waals surface area (Å²) < 4.78 is 5.30. The fourth-order valence-corrected chi connectivity index (χ4v) is 2.24. The number of ether oxygens (including phenoxy) is 1. The van der Waals surface area contributed by atoms with Gasteiger partial charge in [0.25, 0.3) is 0 Å². The third-order valence-electron chi connectivity index (χ3n) is 3.59. The molecule has 0 bridgehead atoms. The van der Waals surface area contributed by atoms with Gasteiger partial charge in [-0.3, -0.25) is 0 Å². The summed E-state index contributed by atoms with van der Waals surface area (Å²) in [7, 11) is 1.82. The van der Waals surface area contributed by atoms with Crippen LogP contribution in [0.5, 0.6) is 0 Å². The van der Waals surface area contributed by atoms with Crippen LogP contribution in [0.25, 0.3) is 0 Å². The van der Waals surface area contributed by atoms with E-state index in [-0.39, 0.29) is 12.1 Å². The Morgan fingerprint density at radius 3 is 2.65 bits per heavy atom. The molecule has 0 unspecified atom stereocenters. The number of nitriles is 1. The summed E-state index contributed by atoms with van der Waals surface area (Å²) in [6.07, 6.45) is 1.78. The average Bonchev–Trinajstić information content (AvgIpc) is 2.53. The summed E-state index contributed by atoms with van der Waals surface area (Å²) in [5.74, 6) is 0. The van der Waals surface area contributed by atoms with Crippen molar-refractivity contribution in [2.24, 2.45) is 0 Å². The fourth-order valence-electron chi connectivity index (χ4n) is 2.24. The van der Waals surface area contributed by atoms with Crippen LogP contribution in [0.1, 0.15) is 24.0 Å². The Morgan fingerprint density at radius 1 is 1.40 bits per heavy atom. The van der Waals surface area contributed by atoms with Gasteiger partial charge in [-0.2, -0.15) is 5.26 Å². The van der Waals surface area contributed by atoms with Gasteiger partial charge >= 0.3 is 6.03 Å². The quantitative estimate of drug-likeness (QED) is 0.914. The van der Waals surface area contributed by atoms with E-state index in [1.54, 1.807) is 17.0 Å². The second-order valence-corrected chi connectivity index (χ2v) is 4.92. The van der Waals surface area contributed by atoms with E-state index in [1.165, 1.54) is 0 Å². The zero-order valence-electron chi connectivity index (χ0n) is 11.6. The van der Waals surface area contributed by atoms with Crippen molar-refractivity contribution in [3.8, 4) is 6.07 Å². The van der Waals surface area contributed by atoms with Gasteiger partial charge in [0.1, 0.15) is 0 Å². The Kier molecular flexibility index (Phi) is 4.97. The topological polar surface area (TPSA) is 65.4 Å². The van der Waals surface area contributed by atoms with Gasteiger partial charge in [-0.05, 0) is 30.5 Å². The first kappa shape index (κ1) is 14.4. The summed E-state index contributed by atoms with van der Waals surface area (Å²) in [6.45, 7) is 1.91. The van der Waals surface area contributed by atoms with E-state index in [1.807, 2.05) is 19.2 Å². The first-order chi connectivity index (χ1) is 9.70. The molecule has 0 saturated carbocycles. The van der Waals surface area contributed by atoms with Crippen molar-refractivity contribution >= 4 is 6.03 Å².